The quantitative estimate of drug-likeness (QED) is 0.784. The number of hydrogen-bond donors (Lipinski definition) is 0. The van der Waals surface area contributed by atoms with E-state index in [1.165, 1.54) is 0 Å². The van der Waals surface area contributed by atoms with Crippen LogP contribution in [0.1, 0.15) is 13.3 Å². The standard InChI is InChI=1S/C13H14N2O/c1-2-9-16-13-6-4-3-5-11(13)12-10-14-7-8-15-12/h3-8,10H,2,9H2,1H3. The van der Waals surface area contributed by atoms with Crippen LogP contribution in [0.25, 0.3) is 11.3 Å². The van der Waals surface area contributed by atoms with Gasteiger partial charge in [0.15, 0.2) is 0 Å². The Kier molecular flexibility index (Phi) is 3.49. The summed E-state index contributed by atoms with van der Waals surface area (Å²) in [6, 6.07) is 7.89. The zero-order valence-electron chi connectivity index (χ0n) is 9.26. The highest BCUT2D eigenvalue weighted by molar-refractivity contribution is 5.66. The number of para-hydroxylation sites is 1. The topological polar surface area (TPSA) is 35.0 Å². The Morgan fingerprint density at radius 2 is 2.06 bits per heavy atom. The Morgan fingerprint density at radius 3 is 2.81 bits per heavy atom. The van der Waals surface area contributed by atoms with Gasteiger partial charge >= 0.3 is 0 Å². The molecule has 0 saturated carbocycles. The summed E-state index contributed by atoms with van der Waals surface area (Å²) >= 11 is 0. The van der Waals surface area contributed by atoms with Crippen molar-refractivity contribution in [2.45, 2.75) is 13.3 Å². The van der Waals surface area contributed by atoms with Gasteiger partial charge < -0.3 is 4.74 Å². The van der Waals surface area contributed by atoms with Gasteiger partial charge in [-0.3, -0.25) is 9.97 Å². The molecule has 0 saturated heterocycles. The fraction of sp³-hybridized carbons (Fsp3) is 0.231. The van der Waals surface area contributed by atoms with Crippen molar-refractivity contribution >= 4 is 0 Å². The second-order valence-electron chi connectivity index (χ2n) is 3.44. The minimum atomic E-state index is 0.720. The largest absolute Gasteiger partial charge is 0.493 e. The molecule has 0 aliphatic rings. The molecule has 0 spiro atoms. The third-order valence-electron chi connectivity index (χ3n) is 2.19. The molecule has 0 N–H and O–H groups in total. The molecule has 2 aromatic rings. The van der Waals surface area contributed by atoms with Gasteiger partial charge in [-0.2, -0.15) is 0 Å². The summed E-state index contributed by atoms with van der Waals surface area (Å²) in [5, 5.41) is 0. The van der Waals surface area contributed by atoms with Crippen LogP contribution in [0.15, 0.2) is 42.9 Å². The van der Waals surface area contributed by atoms with E-state index < -0.39 is 0 Å². The SMILES string of the molecule is CCCOc1ccccc1-c1cnccn1. The van der Waals surface area contributed by atoms with Crippen molar-refractivity contribution in [3.05, 3.63) is 42.9 Å². The average molecular weight is 214 g/mol. The van der Waals surface area contributed by atoms with E-state index in [2.05, 4.69) is 16.9 Å². The fourth-order valence-corrected chi connectivity index (χ4v) is 1.45. The summed E-state index contributed by atoms with van der Waals surface area (Å²) in [7, 11) is 0. The van der Waals surface area contributed by atoms with Crippen molar-refractivity contribution in [2.75, 3.05) is 6.61 Å². The first-order valence-corrected chi connectivity index (χ1v) is 5.40. The second kappa shape index (κ2) is 5.26. The molecule has 3 nitrogen and oxygen atoms in total. The van der Waals surface area contributed by atoms with Crippen molar-refractivity contribution < 1.29 is 4.74 Å². The lowest BCUT2D eigenvalue weighted by Crippen LogP contribution is -1.97. The molecule has 1 heterocycles. The lowest BCUT2D eigenvalue weighted by molar-refractivity contribution is 0.318. The number of ether oxygens (including phenoxy) is 1. The average Bonchev–Trinajstić information content (AvgIpc) is 2.38. The van der Waals surface area contributed by atoms with E-state index in [-0.39, 0.29) is 0 Å². The maximum atomic E-state index is 5.67. The molecule has 0 unspecified atom stereocenters. The van der Waals surface area contributed by atoms with Gasteiger partial charge in [-0.15, -0.1) is 0 Å². The first-order chi connectivity index (χ1) is 7.92. The van der Waals surface area contributed by atoms with Crippen LogP contribution in [0, 0.1) is 0 Å². The second-order valence-corrected chi connectivity index (χ2v) is 3.44. The monoisotopic (exact) mass is 214 g/mol. The van der Waals surface area contributed by atoms with Gasteiger partial charge in [0.2, 0.25) is 0 Å². The van der Waals surface area contributed by atoms with Gasteiger partial charge in [0.05, 0.1) is 18.5 Å². The Balaban J connectivity index is 2.33. The van der Waals surface area contributed by atoms with Gasteiger partial charge in [0, 0.05) is 18.0 Å². The minimum absolute atomic E-state index is 0.720. The van der Waals surface area contributed by atoms with Crippen molar-refractivity contribution in [1.82, 2.24) is 9.97 Å². The lowest BCUT2D eigenvalue weighted by atomic mass is 10.1. The lowest BCUT2D eigenvalue weighted by Gasteiger charge is -2.09. The van der Waals surface area contributed by atoms with Crippen molar-refractivity contribution in [3.8, 4) is 17.0 Å². The van der Waals surface area contributed by atoms with Crippen LogP contribution < -0.4 is 4.74 Å². The molecule has 2 rings (SSSR count). The number of benzene rings is 1. The van der Waals surface area contributed by atoms with Crippen LogP contribution in [0.3, 0.4) is 0 Å². The molecule has 0 radical (unpaired) electrons. The molecule has 3 heteroatoms. The Hall–Kier alpha value is -1.90. The Bertz CT molecular complexity index is 443. The summed E-state index contributed by atoms with van der Waals surface area (Å²) in [4.78, 5) is 8.34. The molecule has 1 aromatic carbocycles. The number of nitrogens with zero attached hydrogens (tertiary/aromatic N) is 2. The first kappa shape index (κ1) is 10.6. The molecule has 0 atom stereocenters. The van der Waals surface area contributed by atoms with Gasteiger partial charge in [-0.25, -0.2) is 0 Å². The molecule has 16 heavy (non-hydrogen) atoms. The highest BCUT2D eigenvalue weighted by Crippen LogP contribution is 2.27. The smallest absolute Gasteiger partial charge is 0.128 e. The van der Waals surface area contributed by atoms with E-state index in [1.54, 1.807) is 18.6 Å². The van der Waals surface area contributed by atoms with Gasteiger partial charge in [-0.1, -0.05) is 19.1 Å². The summed E-state index contributed by atoms with van der Waals surface area (Å²) in [6.07, 6.45) is 6.09. The highest BCUT2D eigenvalue weighted by Gasteiger charge is 2.05. The van der Waals surface area contributed by atoms with E-state index in [0.29, 0.717) is 0 Å². The van der Waals surface area contributed by atoms with E-state index in [9.17, 15) is 0 Å². The molecule has 0 aliphatic heterocycles. The predicted octanol–water partition coefficient (Wildman–Crippen LogP) is 2.93. The molecule has 0 bridgehead atoms. The number of hydrogen-bond acceptors (Lipinski definition) is 3. The summed E-state index contributed by atoms with van der Waals surface area (Å²) in [6.45, 7) is 2.81. The Morgan fingerprint density at radius 1 is 1.19 bits per heavy atom. The number of aromatic nitrogens is 2. The predicted molar refractivity (Wildman–Crippen MR) is 63.3 cm³/mol. The third kappa shape index (κ3) is 2.37. The third-order valence-corrected chi connectivity index (χ3v) is 2.19. The van der Waals surface area contributed by atoms with E-state index in [0.717, 1.165) is 30.0 Å². The first-order valence-electron chi connectivity index (χ1n) is 5.40. The normalized spacial score (nSPS) is 10.1. The minimum Gasteiger partial charge on any atom is -0.493 e. The van der Waals surface area contributed by atoms with E-state index >= 15 is 0 Å². The summed E-state index contributed by atoms with van der Waals surface area (Å²) in [5.41, 5.74) is 1.83. The van der Waals surface area contributed by atoms with Crippen LogP contribution in [0.5, 0.6) is 5.75 Å². The van der Waals surface area contributed by atoms with Gasteiger partial charge in [0.1, 0.15) is 5.75 Å². The molecule has 82 valence electrons. The van der Waals surface area contributed by atoms with Crippen LogP contribution >= 0.6 is 0 Å². The zero-order valence-corrected chi connectivity index (χ0v) is 9.26. The van der Waals surface area contributed by atoms with Crippen molar-refractivity contribution in [1.29, 1.82) is 0 Å². The van der Waals surface area contributed by atoms with Crippen molar-refractivity contribution in [2.24, 2.45) is 0 Å². The van der Waals surface area contributed by atoms with Crippen LogP contribution in [-0.2, 0) is 0 Å². The Labute approximate surface area is 95.1 Å². The zero-order chi connectivity index (χ0) is 11.2. The highest BCUT2D eigenvalue weighted by atomic mass is 16.5. The molecule has 1 aromatic heterocycles. The van der Waals surface area contributed by atoms with Crippen LogP contribution in [-0.4, -0.2) is 16.6 Å². The molecular formula is C13H14N2O. The van der Waals surface area contributed by atoms with Gasteiger partial charge in [-0.05, 0) is 18.6 Å². The van der Waals surface area contributed by atoms with E-state index in [1.807, 2.05) is 24.3 Å². The maximum absolute atomic E-state index is 5.67. The fourth-order valence-electron chi connectivity index (χ4n) is 1.45. The van der Waals surface area contributed by atoms with Crippen LogP contribution in [0.4, 0.5) is 0 Å². The maximum Gasteiger partial charge on any atom is 0.128 e. The molecule has 0 fully saturated rings. The van der Waals surface area contributed by atoms with Crippen molar-refractivity contribution in [3.63, 3.8) is 0 Å². The molecular weight excluding hydrogens is 200 g/mol. The van der Waals surface area contributed by atoms with E-state index in [4.69, 9.17) is 4.74 Å². The van der Waals surface area contributed by atoms with Gasteiger partial charge in [0.25, 0.3) is 0 Å². The number of rotatable bonds is 4. The molecule has 0 amide bonds. The summed E-state index contributed by atoms with van der Waals surface area (Å²) < 4.78 is 5.67. The van der Waals surface area contributed by atoms with Crippen LogP contribution in [0.2, 0.25) is 0 Å². The molecule has 0 aliphatic carbocycles. The summed E-state index contributed by atoms with van der Waals surface area (Å²) in [5.74, 6) is 0.866.